The minimum Gasteiger partial charge on any atom is -0.497 e. The monoisotopic (exact) mass is 346 g/mol. The number of thiazole rings is 1. The molecule has 2 aromatic rings. The van der Waals surface area contributed by atoms with E-state index in [0.29, 0.717) is 0 Å². The van der Waals surface area contributed by atoms with Crippen LogP contribution in [0.2, 0.25) is 0 Å². The highest BCUT2D eigenvalue weighted by Gasteiger charge is 2.06. The van der Waals surface area contributed by atoms with E-state index < -0.39 is 0 Å². The molecule has 0 saturated heterocycles. The highest BCUT2D eigenvalue weighted by atomic mass is 32.1. The van der Waals surface area contributed by atoms with Crippen LogP contribution in [0.4, 0.5) is 0 Å². The molecular formula is C18H26N4OS. The normalized spacial score (nSPS) is 11.4. The van der Waals surface area contributed by atoms with Crippen LogP contribution in [0.15, 0.2) is 29.3 Å². The summed E-state index contributed by atoms with van der Waals surface area (Å²) in [6.07, 6.45) is 1.91. The Balaban J connectivity index is 1.77. The molecule has 0 saturated carbocycles. The van der Waals surface area contributed by atoms with E-state index in [1.54, 1.807) is 25.5 Å². The molecule has 1 heterocycles. The Kier molecular flexibility index (Phi) is 7.06. The molecule has 0 unspecified atom stereocenters. The van der Waals surface area contributed by atoms with Gasteiger partial charge in [0.15, 0.2) is 5.96 Å². The van der Waals surface area contributed by atoms with Crippen LogP contribution in [-0.4, -0.2) is 31.6 Å². The third-order valence-electron chi connectivity index (χ3n) is 3.75. The van der Waals surface area contributed by atoms with Gasteiger partial charge in [0.05, 0.1) is 17.8 Å². The van der Waals surface area contributed by atoms with Gasteiger partial charge in [-0.25, -0.2) is 4.98 Å². The number of benzene rings is 1. The first-order valence-corrected chi connectivity index (χ1v) is 9.00. The molecule has 24 heavy (non-hydrogen) atoms. The van der Waals surface area contributed by atoms with Gasteiger partial charge in [0, 0.05) is 31.4 Å². The Hall–Kier alpha value is -2.08. The van der Waals surface area contributed by atoms with E-state index in [2.05, 4.69) is 34.5 Å². The van der Waals surface area contributed by atoms with Crippen molar-refractivity contribution in [3.63, 3.8) is 0 Å². The van der Waals surface area contributed by atoms with E-state index in [1.807, 2.05) is 24.3 Å². The molecule has 130 valence electrons. The van der Waals surface area contributed by atoms with E-state index in [-0.39, 0.29) is 0 Å². The summed E-state index contributed by atoms with van der Waals surface area (Å²) < 4.78 is 5.17. The van der Waals surface area contributed by atoms with Crippen molar-refractivity contribution in [1.29, 1.82) is 0 Å². The second-order valence-electron chi connectivity index (χ2n) is 5.41. The summed E-state index contributed by atoms with van der Waals surface area (Å²) in [5.41, 5.74) is 2.40. The van der Waals surface area contributed by atoms with Crippen molar-refractivity contribution in [2.24, 2.45) is 4.99 Å². The summed E-state index contributed by atoms with van der Waals surface area (Å²) >= 11 is 1.79. The Bertz CT molecular complexity index is 664. The Morgan fingerprint density at radius 1 is 1.25 bits per heavy atom. The van der Waals surface area contributed by atoms with E-state index in [0.717, 1.165) is 37.6 Å². The average molecular weight is 347 g/mol. The molecule has 0 fully saturated rings. The third-order valence-corrected chi connectivity index (χ3v) is 4.82. The number of rotatable bonds is 7. The van der Waals surface area contributed by atoms with Crippen molar-refractivity contribution < 1.29 is 4.74 Å². The van der Waals surface area contributed by atoms with E-state index >= 15 is 0 Å². The first-order chi connectivity index (χ1) is 11.7. The van der Waals surface area contributed by atoms with Gasteiger partial charge in [-0.1, -0.05) is 19.1 Å². The van der Waals surface area contributed by atoms with Crippen LogP contribution in [-0.2, 0) is 19.4 Å². The van der Waals surface area contributed by atoms with Crippen LogP contribution in [0.3, 0.4) is 0 Å². The number of hydrogen-bond acceptors (Lipinski definition) is 4. The number of nitrogens with zero attached hydrogens (tertiary/aromatic N) is 2. The van der Waals surface area contributed by atoms with Gasteiger partial charge in [-0.2, -0.15) is 0 Å². The predicted molar refractivity (Wildman–Crippen MR) is 101 cm³/mol. The summed E-state index contributed by atoms with van der Waals surface area (Å²) in [5, 5.41) is 7.84. The van der Waals surface area contributed by atoms with Gasteiger partial charge in [-0.3, -0.25) is 4.99 Å². The molecule has 0 aliphatic carbocycles. The number of guanidine groups is 1. The van der Waals surface area contributed by atoms with Gasteiger partial charge in [-0.15, -0.1) is 11.3 Å². The minimum atomic E-state index is 0.722. The van der Waals surface area contributed by atoms with Gasteiger partial charge in [0.25, 0.3) is 0 Å². The van der Waals surface area contributed by atoms with Gasteiger partial charge >= 0.3 is 0 Å². The van der Waals surface area contributed by atoms with Crippen LogP contribution in [0.1, 0.15) is 28.1 Å². The van der Waals surface area contributed by atoms with Crippen molar-refractivity contribution in [3.05, 3.63) is 45.4 Å². The summed E-state index contributed by atoms with van der Waals surface area (Å²) in [6, 6.07) is 8.01. The lowest BCUT2D eigenvalue weighted by molar-refractivity contribution is 0.414. The van der Waals surface area contributed by atoms with E-state index in [9.17, 15) is 0 Å². The standard InChI is InChI=1S/C18H26N4OS/c1-5-16-13(2)24-17(22-16)10-11-20-18(19-3)21-12-14-6-8-15(23-4)9-7-14/h6-9H,5,10-12H2,1-4H3,(H2,19,20,21). The quantitative estimate of drug-likeness (QED) is 0.598. The molecule has 0 aliphatic heterocycles. The molecule has 0 spiro atoms. The molecule has 2 N–H and O–H groups in total. The maximum Gasteiger partial charge on any atom is 0.191 e. The Morgan fingerprint density at radius 3 is 2.58 bits per heavy atom. The van der Waals surface area contributed by atoms with Crippen molar-refractivity contribution in [2.75, 3.05) is 20.7 Å². The maximum absolute atomic E-state index is 5.17. The summed E-state index contributed by atoms with van der Waals surface area (Å²) in [5.74, 6) is 1.67. The molecule has 0 amide bonds. The fourth-order valence-electron chi connectivity index (χ4n) is 2.36. The smallest absolute Gasteiger partial charge is 0.191 e. The van der Waals surface area contributed by atoms with Crippen LogP contribution in [0.25, 0.3) is 0 Å². The number of hydrogen-bond donors (Lipinski definition) is 2. The largest absolute Gasteiger partial charge is 0.497 e. The number of aliphatic imine (C=N–C) groups is 1. The van der Waals surface area contributed by atoms with Crippen LogP contribution in [0.5, 0.6) is 5.75 Å². The minimum absolute atomic E-state index is 0.722. The van der Waals surface area contributed by atoms with Crippen LogP contribution in [0, 0.1) is 6.92 Å². The number of methoxy groups -OCH3 is 1. The van der Waals surface area contributed by atoms with Crippen molar-refractivity contribution in [2.45, 2.75) is 33.2 Å². The summed E-state index contributed by atoms with van der Waals surface area (Å²) in [6.45, 7) is 5.83. The molecule has 5 nitrogen and oxygen atoms in total. The van der Waals surface area contributed by atoms with E-state index in [1.165, 1.54) is 21.1 Å². The van der Waals surface area contributed by atoms with Gasteiger partial charge in [0.1, 0.15) is 5.75 Å². The summed E-state index contributed by atoms with van der Waals surface area (Å²) in [7, 11) is 3.46. The number of aromatic nitrogens is 1. The number of aryl methyl sites for hydroxylation is 2. The molecule has 0 aliphatic rings. The highest BCUT2D eigenvalue weighted by molar-refractivity contribution is 7.11. The first-order valence-electron chi connectivity index (χ1n) is 8.18. The van der Waals surface area contributed by atoms with Crippen molar-refractivity contribution in [3.8, 4) is 5.75 Å². The maximum atomic E-state index is 5.17. The molecule has 0 radical (unpaired) electrons. The fraction of sp³-hybridized carbons (Fsp3) is 0.444. The molecule has 0 atom stereocenters. The average Bonchev–Trinajstić information content (AvgIpc) is 2.98. The molecule has 1 aromatic heterocycles. The van der Waals surface area contributed by atoms with Crippen LogP contribution < -0.4 is 15.4 Å². The zero-order chi connectivity index (χ0) is 17.4. The van der Waals surface area contributed by atoms with Crippen LogP contribution >= 0.6 is 11.3 Å². The van der Waals surface area contributed by atoms with Crippen molar-refractivity contribution in [1.82, 2.24) is 15.6 Å². The highest BCUT2D eigenvalue weighted by Crippen LogP contribution is 2.18. The lowest BCUT2D eigenvalue weighted by Crippen LogP contribution is -2.37. The topological polar surface area (TPSA) is 58.5 Å². The molecule has 2 rings (SSSR count). The molecule has 0 bridgehead atoms. The molecule has 6 heteroatoms. The fourth-order valence-corrected chi connectivity index (χ4v) is 3.38. The molecular weight excluding hydrogens is 320 g/mol. The second-order valence-corrected chi connectivity index (χ2v) is 6.70. The SMILES string of the molecule is CCc1nc(CCNC(=NC)NCc2ccc(OC)cc2)sc1C. The third kappa shape index (κ3) is 5.23. The lowest BCUT2D eigenvalue weighted by atomic mass is 10.2. The molecule has 1 aromatic carbocycles. The zero-order valence-corrected chi connectivity index (χ0v) is 15.7. The van der Waals surface area contributed by atoms with E-state index in [4.69, 9.17) is 4.74 Å². The lowest BCUT2D eigenvalue weighted by Gasteiger charge is -2.11. The second kappa shape index (κ2) is 9.27. The summed E-state index contributed by atoms with van der Waals surface area (Å²) in [4.78, 5) is 10.3. The van der Waals surface area contributed by atoms with Gasteiger partial charge < -0.3 is 15.4 Å². The Labute approximate surface area is 148 Å². The van der Waals surface area contributed by atoms with Crippen molar-refractivity contribution >= 4 is 17.3 Å². The first kappa shape index (κ1) is 18.3. The predicted octanol–water partition coefficient (Wildman–Crippen LogP) is 2.93. The number of nitrogens with one attached hydrogen (secondary N) is 2. The van der Waals surface area contributed by atoms with Gasteiger partial charge in [0.2, 0.25) is 0 Å². The Morgan fingerprint density at radius 2 is 2.00 bits per heavy atom. The number of ether oxygens (including phenoxy) is 1. The van der Waals surface area contributed by atoms with Gasteiger partial charge in [-0.05, 0) is 31.0 Å². The zero-order valence-electron chi connectivity index (χ0n) is 14.8.